The molecule has 0 amide bonds. The first-order chi connectivity index (χ1) is 20.3. The molecule has 0 bridgehead atoms. The van der Waals surface area contributed by atoms with Crippen LogP contribution in [-0.2, 0) is 35.6 Å². The zero-order valence-electron chi connectivity index (χ0n) is 26.5. The molecule has 43 heavy (non-hydrogen) atoms. The minimum Gasteiger partial charge on any atom is -1.00 e. The molecule has 0 saturated heterocycles. The molecule has 0 atom stereocenters. The van der Waals surface area contributed by atoms with Crippen molar-refractivity contribution in [3.8, 4) is 0 Å². The molecule has 0 spiro atoms. The van der Waals surface area contributed by atoms with E-state index in [0.29, 0.717) is 63.3 Å². The molecular formula is C24H46B3N4NaO11. The molecule has 19 heteroatoms. The topological polar surface area (TPSA) is 243 Å². The van der Waals surface area contributed by atoms with Gasteiger partial charge in [-0.1, -0.05) is 48.5 Å². The number of carbonyl (C=O) groups is 1. The molecular weight excluding hydrogens is 576 g/mol. The van der Waals surface area contributed by atoms with E-state index in [2.05, 4.69) is 34.4 Å². The van der Waals surface area contributed by atoms with E-state index in [4.69, 9.17) is 37.3 Å². The van der Waals surface area contributed by atoms with Crippen LogP contribution in [0.5, 0.6) is 0 Å². The van der Waals surface area contributed by atoms with Crippen LogP contribution < -0.4 is 63.0 Å². The summed E-state index contributed by atoms with van der Waals surface area (Å²) in [6.07, 6.45) is 0.592. The van der Waals surface area contributed by atoms with Gasteiger partial charge in [-0.15, -0.1) is 0 Å². The number of hydrogen-bond acceptors (Lipinski definition) is 15. The fraction of sp³-hybridized carbons (Fsp3) is 0.458. The Balaban J connectivity index is -0.000000252. The van der Waals surface area contributed by atoms with Crippen LogP contribution in [0.1, 0.15) is 38.1 Å². The first kappa shape index (κ1) is 46.2. The van der Waals surface area contributed by atoms with Crippen molar-refractivity contribution >= 4 is 38.8 Å². The Morgan fingerprint density at radius 2 is 1.19 bits per heavy atom. The maximum absolute atomic E-state index is 10.3. The third kappa shape index (κ3) is 25.7. The molecule has 2 aromatic carbocycles. The van der Waals surface area contributed by atoms with Crippen molar-refractivity contribution in [2.75, 3.05) is 46.0 Å². The molecule has 238 valence electrons. The average molecular weight is 622 g/mol. The zero-order chi connectivity index (χ0) is 32.0. The summed E-state index contributed by atoms with van der Waals surface area (Å²) in [7, 11) is -4.11. The maximum atomic E-state index is 10.3. The predicted molar refractivity (Wildman–Crippen MR) is 162 cm³/mol. The van der Waals surface area contributed by atoms with Crippen molar-refractivity contribution in [3.63, 3.8) is 0 Å². The SMILES string of the molecule is CCOOB(OOCC)OOCC.NCCN.NCCNCc1ccccc1B(O)O.O=Cc1ccccc1B(O)O.[H-].[Na+]. The first-order valence-corrected chi connectivity index (χ1v) is 13.3. The molecule has 0 fully saturated rings. The summed E-state index contributed by atoms with van der Waals surface area (Å²) in [5.41, 5.74) is 17.1. The van der Waals surface area contributed by atoms with Gasteiger partial charge in [0.15, 0.2) is 0 Å². The molecule has 0 aliphatic carbocycles. The molecule has 0 aromatic heterocycles. The van der Waals surface area contributed by atoms with Crippen molar-refractivity contribution in [3.05, 3.63) is 59.7 Å². The van der Waals surface area contributed by atoms with E-state index in [0.717, 1.165) is 12.1 Å². The van der Waals surface area contributed by atoms with Crippen LogP contribution in [0.25, 0.3) is 0 Å². The van der Waals surface area contributed by atoms with Crippen molar-refractivity contribution in [1.29, 1.82) is 0 Å². The number of carbonyl (C=O) groups excluding carboxylic acids is 1. The summed E-state index contributed by atoms with van der Waals surface area (Å²) in [5.74, 6) is 0. The second-order valence-electron chi connectivity index (χ2n) is 7.53. The summed E-state index contributed by atoms with van der Waals surface area (Å²) in [6, 6.07) is 13.5. The molecule has 0 heterocycles. The van der Waals surface area contributed by atoms with E-state index in [9.17, 15) is 4.79 Å². The molecule has 2 aromatic rings. The van der Waals surface area contributed by atoms with Gasteiger partial charge in [0.2, 0.25) is 0 Å². The first-order valence-electron chi connectivity index (χ1n) is 13.3. The Bertz CT molecular complexity index is 886. The standard InChI is InChI=1S/C9H15BN2O2.C7H7BO3.C6H15BO6.C2H8N2.Na.H/c11-5-6-12-7-8-3-1-2-4-9(8)10(13)14;9-5-6-3-1-2-4-7(6)8(10)11;1-4-8-11-7(12-9-5-2)13-10-6-3;3-1-2-4;;/h1-4,12-14H,5-7,11H2;1-5,10-11H;4-6H2,1-3H3;1-4H2;;/q;;;;+1;-1. The summed E-state index contributed by atoms with van der Waals surface area (Å²) < 4.78 is 0. The van der Waals surface area contributed by atoms with Crippen molar-refractivity contribution in [2.24, 2.45) is 17.2 Å². The smallest absolute Gasteiger partial charge is 1.00 e. The van der Waals surface area contributed by atoms with Crippen molar-refractivity contribution < 1.29 is 85.0 Å². The van der Waals surface area contributed by atoms with Gasteiger partial charge < -0.3 is 44.0 Å². The van der Waals surface area contributed by atoms with Gasteiger partial charge in [-0.2, -0.15) is 0 Å². The number of rotatable bonds is 17. The number of aldehydes is 1. The Kier molecular flexibility index (Phi) is 36.1. The minimum absolute atomic E-state index is 0. The summed E-state index contributed by atoms with van der Waals surface area (Å²) in [6.45, 7) is 9.50. The van der Waals surface area contributed by atoms with Crippen molar-refractivity contribution in [2.45, 2.75) is 27.3 Å². The second-order valence-corrected chi connectivity index (χ2v) is 7.53. The van der Waals surface area contributed by atoms with Gasteiger partial charge in [0.1, 0.15) is 6.29 Å². The van der Waals surface area contributed by atoms with Gasteiger partial charge >= 0.3 is 51.1 Å². The van der Waals surface area contributed by atoms with Crippen LogP contribution in [0.3, 0.4) is 0 Å². The fourth-order valence-electron chi connectivity index (χ4n) is 2.54. The largest absolute Gasteiger partial charge is 1.00 e. The molecule has 11 N–H and O–H groups in total. The van der Waals surface area contributed by atoms with E-state index in [1.54, 1.807) is 45.0 Å². The van der Waals surface area contributed by atoms with E-state index in [1.165, 1.54) is 12.1 Å². The van der Waals surface area contributed by atoms with Gasteiger partial charge in [0.05, 0.1) is 19.8 Å². The second kappa shape index (κ2) is 33.6. The number of benzene rings is 2. The summed E-state index contributed by atoms with van der Waals surface area (Å²) in [5, 5.41) is 38.7. The van der Waals surface area contributed by atoms with Crippen LogP contribution >= 0.6 is 0 Å². The van der Waals surface area contributed by atoms with E-state index < -0.39 is 21.6 Å². The minimum atomic E-state index is -1.57. The van der Waals surface area contributed by atoms with Crippen LogP contribution in [0.4, 0.5) is 0 Å². The third-order valence-electron chi connectivity index (χ3n) is 4.33. The quantitative estimate of drug-likeness (QED) is 0.0270. The van der Waals surface area contributed by atoms with E-state index >= 15 is 0 Å². The normalized spacial score (nSPS) is 9.53. The van der Waals surface area contributed by atoms with Crippen molar-refractivity contribution in [1.82, 2.24) is 5.32 Å². The number of hydrogen-bond donors (Lipinski definition) is 8. The zero-order valence-corrected chi connectivity index (χ0v) is 27.5. The van der Waals surface area contributed by atoms with Crippen LogP contribution in [0, 0.1) is 0 Å². The summed E-state index contributed by atoms with van der Waals surface area (Å²) >= 11 is 0. The molecule has 15 nitrogen and oxygen atoms in total. The maximum Gasteiger partial charge on any atom is 1.00 e. The van der Waals surface area contributed by atoms with E-state index in [1.807, 2.05) is 12.1 Å². The van der Waals surface area contributed by atoms with Gasteiger partial charge in [-0.3, -0.25) is 4.79 Å². The third-order valence-corrected chi connectivity index (χ3v) is 4.33. The Morgan fingerprint density at radius 1 is 0.744 bits per heavy atom. The average Bonchev–Trinajstić information content (AvgIpc) is 3.01. The fourth-order valence-corrected chi connectivity index (χ4v) is 2.54. The van der Waals surface area contributed by atoms with Crippen LogP contribution in [-0.4, -0.2) is 93.9 Å². The Morgan fingerprint density at radius 3 is 1.56 bits per heavy atom. The predicted octanol–water partition coefficient (Wildman–Crippen LogP) is -5.51. The van der Waals surface area contributed by atoms with E-state index in [-0.39, 0.29) is 36.4 Å². The molecule has 2 rings (SSSR count). The Hall–Kier alpha value is -1.26. The monoisotopic (exact) mass is 622 g/mol. The van der Waals surface area contributed by atoms with Crippen LogP contribution in [0.2, 0.25) is 0 Å². The van der Waals surface area contributed by atoms with Gasteiger partial charge in [0, 0.05) is 38.3 Å². The molecule has 0 aliphatic rings. The Labute approximate surface area is 278 Å². The van der Waals surface area contributed by atoms with Gasteiger partial charge in [-0.05, 0) is 37.3 Å². The van der Waals surface area contributed by atoms with Gasteiger partial charge in [-0.25, -0.2) is 29.1 Å². The number of nitrogens with one attached hydrogen (secondary N) is 1. The molecule has 0 unspecified atom stereocenters. The number of nitrogens with two attached hydrogens (primary N) is 3. The van der Waals surface area contributed by atoms with Crippen LogP contribution in [0.15, 0.2) is 48.5 Å². The van der Waals surface area contributed by atoms with Gasteiger partial charge in [0.25, 0.3) is 0 Å². The molecule has 0 saturated carbocycles. The summed E-state index contributed by atoms with van der Waals surface area (Å²) in [4.78, 5) is 37.9. The molecule has 0 aliphatic heterocycles. The molecule has 0 radical (unpaired) electrons.